The molecule has 4 heteroatoms. The van der Waals surface area contributed by atoms with Crippen LogP contribution in [0.2, 0.25) is 0 Å². The Balaban J connectivity index is 2.15. The summed E-state index contributed by atoms with van der Waals surface area (Å²) in [5.41, 5.74) is 1.37. The zero-order chi connectivity index (χ0) is 13.7. The van der Waals surface area contributed by atoms with E-state index in [0.717, 1.165) is 43.1 Å². The molecule has 1 aromatic carbocycles. The van der Waals surface area contributed by atoms with Crippen molar-refractivity contribution >= 4 is 28.5 Å². The minimum absolute atomic E-state index is 0.374. The van der Waals surface area contributed by atoms with Crippen LogP contribution >= 0.6 is 11.6 Å². The molecule has 1 heterocycles. The second-order valence-corrected chi connectivity index (χ2v) is 5.03. The molecular formula is C15H18ClNO2. The molecule has 0 fully saturated rings. The summed E-state index contributed by atoms with van der Waals surface area (Å²) in [6, 6.07) is 9.54. The van der Waals surface area contributed by atoms with Gasteiger partial charge in [0.05, 0.1) is 0 Å². The molecule has 0 atom stereocenters. The Bertz CT molecular complexity index is 562. The highest BCUT2D eigenvalue weighted by molar-refractivity contribution is 6.17. The molecule has 0 aliphatic heterocycles. The van der Waals surface area contributed by atoms with Crippen molar-refractivity contribution in [2.75, 3.05) is 5.88 Å². The third kappa shape index (κ3) is 3.29. The third-order valence-electron chi connectivity index (χ3n) is 3.30. The van der Waals surface area contributed by atoms with Gasteiger partial charge in [-0.3, -0.25) is 0 Å². The molecule has 0 spiro atoms. The number of aryl methyl sites for hydroxylation is 1. The molecule has 0 saturated carbocycles. The minimum Gasteiger partial charge on any atom is -0.477 e. The monoisotopic (exact) mass is 279 g/mol. The van der Waals surface area contributed by atoms with E-state index in [1.165, 1.54) is 0 Å². The highest BCUT2D eigenvalue weighted by Gasteiger charge is 2.13. The number of aromatic carboxylic acids is 1. The number of para-hydroxylation sites is 1. The van der Waals surface area contributed by atoms with Gasteiger partial charge in [0.25, 0.3) is 0 Å². The van der Waals surface area contributed by atoms with Crippen LogP contribution in [0.1, 0.15) is 36.2 Å². The third-order valence-corrected chi connectivity index (χ3v) is 3.56. The zero-order valence-corrected chi connectivity index (χ0v) is 11.6. The molecule has 2 aromatic rings. The summed E-state index contributed by atoms with van der Waals surface area (Å²) >= 11 is 5.64. The average Bonchev–Trinajstić information content (AvgIpc) is 2.78. The van der Waals surface area contributed by atoms with E-state index < -0.39 is 5.97 Å². The van der Waals surface area contributed by atoms with Gasteiger partial charge >= 0.3 is 5.97 Å². The molecule has 0 aliphatic rings. The molecule has 0 saturated heterocycles. The summed E-state index contributed by atoms with van der Waals surface area (Å²) in [6.45, 7) is 0.747. The maximum Gasteiger partial charge on any atom is 0.352 e. The van der Waals surface area contributed by atoms with Gasteiger partial charge in [-0.25, -0.2) is 4.79 Å². The standard InChI is InChI=1S/C15H18ClNO2/c16-9-5-1-2-6-10-17-13-8-4-3-7-12(13)11-14(17)15(18)19/h3-4,7-8,11H,1-2,5-6,9-10H2,(H,18,19). The Morgan fingerprint density at radius 1 is 1.16 bits per heavy atom. The first-order chi connectivity index (χ1) is 9.24. The van der Waals surface area contributed by atoms with Crippen LogP contribution in [0, 0.1) is 0 Å². The van der Waals surface area contributed by atoms with Crippen molar-refractivity contribution in [3.63, 3.8) is 0 Å². The lowest BCUT2D eigenvalue weighted by molar-refractivity contribution is 0.0685. The Morgan fingerprint density at radius 3 is 2.63 bits per heavy atom. The Morgan fingerprint density at radius 2 is 1.89 bits per heavy atom. The number of rotatable bonds is 7. The fraction of sp³-hybridized carbons (Fsp3) is 0.400. The van der Waals surface area contributed by atoms with E-state index in [4.69, 9.17) is 11.6 Å². The number of benzene rings is 1. The van der Waals surface area contributed by atoms with Gasteiger partial charge in [0.1, 0.15) is 5.69 Å². The molecule has 102 valence electrons. The number of aromatic nitrogens is 1. The van der Waals surface area contributed by atoms with E-state index >= 15 is 0 Å². The Hall–Kier alpha value is -1.48. The maximum absolute atomic E-state index is 11.3. The number of hydrogen-bond acceptors (Lipinski definition) is 1. The fourth-order valence-corrected chi connectivity index (χ4v) is 2.54. The van der Waals surface area contributed by atoms with Crippen LogP contribution in [-0.4, -0.2) is 21.5 Å². The SMILES string of the molecule is O=C(O)c1cc2ccccc2n1CCCCCCCl. The second-order valence-electron chi connectivity index (χ2n) is 4.65. The first kappa shape index (κ1) is 13.9. The normalized spacial score (nSPS) is 11.0. The van der Waals surface area contributed by atoms with Crippen molar-refractivity contribution in [2.24, 2.45) is 0 Å². The van der Waals surface area contributed by atoms with Crippen molar-refractivity contribution in [3.05, 3.63) is 36.0 Å². The van der Waals surface area contributed by atoms with E-state index in [2.05, 4.69) is 0 Å². The first-order valence-electron chi connectivity index (χ1n) is 6.61. The lowest BCUT2D eigenvalue weighted by atomic mass is 10.2. The van der Waals surface area contributed by atoms with Crippen LogP contribution in [-0.2, 0) is 6.54 Å². The molecule has 0 radical (unpaired) electrons. The van der Waals surface area contributed by atoms with Crippen LogP contribution in [0.3, 0.4) is 0 Å². The van der Waals surface area contributed by atoms with E-state index in [1.54, 1.807) is 6.07 Å². The topological polar surface area (TPSA) is 42.2 Å². The van der Waals surface area contributed by atoms with E-state index in [-0.39, 0.29) is 0 Å². The van der Waals surface area contributed by atoms with Gasteiger partial charge in [0.15, 0.2) is 0 Å². The maximum atomic E-state index is 11.3. The predicted molar refractivity (Wildman–Crippen MR) is 78.1 cm³/mol. The molecule has 0 bridgehead atoms. The van der Waals surface area contributed by atoms with Crippen molar-refractivity contribution in [3.8, 4) is 0 Å². The molecule has 1 N–H and O–H groups in total. The summed E-state index contributed by atoms with van der Waals surface area (Å²) in [7, 11) is 0. The number of fused-ring (bicyclic) bond motifs is 1. The van der Waals surface area contributed by atoms with E-state index in [0.29, 0.717) is 11.6 Å². The first-order valence-corrected chi connectivity index (χ1v) is 7.15. The van der Waals surface area contributed by atoms with Gasteiger partial charge in [-0.2, -0.15) is 0 Å². The quantitative estimate of drug-likeness (QED) is 0.611. The molecule has 0 amide bonds. The lowest BCUT2D eigenvalue weighted by Gasteiger charge is -2.08. The van der Waals surface area contributed by atoms with Gasteiger partial charge in [0, 0.05) is 23.3 Å². The van der Waals surface area contributed by atoms with Crippen LogP contribution in [0.15, 0.2) is 30.3 Å². The van der Waals surface area contributed by atoms with Crippen molar-refractivity contribution in [1.82, 2.24) is 4.57 Å². The number of halogens is 1. The lowest BCUT2D eigenvalue weighted by Crippen LogP contribution is -2.08. The van der Waals surface area contributed by atoms with Crippen LogP contribution in [0.25, 0.3) is 10.9 Å². The average molecular weight is 280 g/mol. The van der Waals surface area contributed by atoms with Crippen molar-refractivity contribution in [1.29, 1.82) is 0 Å². The zero-order valence-electron chi connectivity index (χ0n) is 10.8. The molecule has 0 unspecified atom stereocenters. The van der Waals surface area contributed by atoms with Gasteiger partial charge in [0.2, 0.25) is 0 Å². The van der Waals surface area contributed by atoms with E-state index in [9.17, 15) is 9.90 Å². The molecule has 1 aromatic heterocycles. The number of carboxylic acid groups (broad SMARTS) is 1. The van der Waals surface area contributed by atoms with Crippen molar-refractivity contribution in [2.45, 2.75) is 32.2 Å². The summed E-state index contributed by atoms with van der Waals surface area (Å²) in [4.78, 5) is 11.3. The van der Waals surface area contributed by atoms with Crippen LogP contribution < -0.4 is 0 Å². The predicted octanol–water partition coefficient (Wildman–Crippen LogP) is 4.14. The molecule has 19 heavy (non-hydrogen) atoms. The molecule has 0 aliphatic carbocycles. The number of alkyl halides is 1. The summed E-state index contributed by atoms with van der Waals surface area (Å²) < 4.78 is 1.90. The fourth-order valence-electron chi connectivity index (χ4n) is 2.35. The molecule has 3 nitrogen and oxygen atoms in total. The van der Waals surface area contributed by atoms with Gasteiger partial charge in [-0.1, -0.05) is 31.0 Å². The smallest absolute Gasteiger partial charge is 0.352 e. The minimum atomic E-state index is -0.864. The number of carbonyl (C=O) groups is 1. The molecule has 2 rings (SSSR count). The van der Waals surface area contributed by atoms with Gasteiger partial charge < -0.3 is 9.67 Å². The van der Waals surface area contributed by atoms with Crippen molar-refractivity contribution < 1.29 is 9.90 Å². The van der Waals surface area contributed by atoms with E-state index in [1.807, 2.05) is 28.8 Å². The van der Waals surface area contributed by atoms with Crippen LogP contribution in [0.5, 0.6) is 0 Å². The number of nitrogens with zero attached hydrogens (tertiary/aromatic N) is 1. The second kappa shape index (κ2) is 6.62. The summed E-state index contributed by atoms with van der Waals surface area (Å²) in [6.07, 6.45) is 4.19. The Labute approximate surface area is 117 Å². The summed E-state index contributed by atoms with van der Waals surface area (Å²) in [5, 5.41) is 10.3. The number of hydrogen-bond donors (Lipinski definition) is 1. The number of carboxylic acids is 1. The van der Waals surface area contributed by atoms with Gasteiger partial charge in [-0.05, 0) is 25.0 Å². The summed E-state index contributed by atoms with van der Waals surface area (Å²) in [5.74, 6) is -0.163. The van der Waals surface area contributed by atoms with Gasteiger partial charge in [-0.15, -0.1) is 11.6 Å². The highest BCUT2D eigenvalue weighted by Crippen LogP contribution is 2.20. The molecular weight excluding hydrogens is 262 g/mol. The Kier molecular flexibility index (Phi) is 4.86. The number of unbranched alkanes of at least 4 members (excludes halogenated alkanes) is 3. The van der Waals surface area contributed by atoms with Crippen LogP contribution in [0.4, 0.5) is 0 Å². The highest BCUT2D eigenvalue weighted by atomic mass is 35.5. The largest absolute Gasteiger partial charge is 0.477 e.